The van der Waals surface area contributed by atoms with Crippen molar-refractivity contribution in [2.75, 3.05) is 6.54 Å². The van der Waals surface area contributed by atoms with Crippen LogP contribution >= 0.6 is 0 Å². The van der Waals surface area contributed by atoms with E-state index in [4.69, 9.17) is 0 Å². The molecule has 2 aromatic carbocycles. The summed E-state index contributed by atoms with van der Waals surface area (Å²) in [5.74, 6) is 0.473. The lowest BCUT2D eigenvalue weighted by molar-refractivity contribution is -0.0426. The fourth-order valence-electron chi connectivity index (χ4n) is 5.04. The molecule has 2 heteroatoms. The molecule has 0 radical (unpaired) electrons. The Kier molecular flexibility index (Phi) is 3.50. The number of likely N-dealkylation sites (tertiary alicyclic amines) is 1. The second-order valence-electron chi connectivity index (χ2n) is 8.28. The molecule has 1 fully saturated rings. The van der Waals surface area contributed by atoms with Gasteiger partial charge in [-0.3, -0.25) is 4.90 Å². The van der Waals surface area contributed by atoms with Crippen LogP contribution in [-0.2, 0) is 18.4 Å². The molecule has 1 saturated heterocycles. The second-order valence-corrected chi connectivity index (χ2v) is 8.28. The number of piperidine rings is 1. The minimum absolute atomic E-state index is 0.122. The van der Waals surface area contributed by atoms with Gasteiger partial charge < -0.3 is 5.11 Å². The zero-order valence-electron chi connectivity index (χ0n) is 14.9. The summed E-state index contributed by atoms with van der Waals surface area (Å²) in [6.45, 7) is 9.35. The van der Waals surface area contributed by atoms with E-state index in [2.05, 4.69) is 62.1 Å². The van der Waals surface area contributed by atoms with Crippen molar-refractivity contribution in [3.63, 3.8) is 0 Å². The lowest BCUT2D eigenvalue weighted by atomic mass is 9.51. The minimum Gasteiger partial charge on any atom is -0.508 e. The van der Waals surface area contributed by atoms with E-state index in [1.807, 2.05) is 12.1 Å². The molecule has 24 heavy (non-hydrogen) atoms. The first kappa shape index (κ1) is 15.7. The third-order valence-electron chi connectivity index (χ3n) is 6.97. The normalized spacial score (nSPS) is 28.4. The Morgan fingerprint density at radius 2 is 1.79 bits per heavy atom. The van der Waals surface area contributed by atoms with Crippen molar-refractivity contribution in [3.8, 4) is 5.75 Å². The number of aromatic hydroxyl groups is 1. The molecule has 0 spiro atoms. The van der Waals surface area contributed by atoms with Crippen LogP contribution in [0.5, 0.6) is 5.75 Å². The highest BCUT2D eigenvalue weighted by Gasteiger charge is 2.56. The molecule has 2 unspecified atom stereocenters. The van der Waals surface area contributed by atoms with Crippen LogP contribution in [0.4, 0.5) is 0 Å². The molecule has 0 saturated carbocycles. The molecule has 1 aliphatic heterocycles. The van der Waals surface area contributed by atoms with Crippen molar-refractivity contribution < 1.29 is 5.11 Å². The van der Waals surface area contributed by atoms with E-state index < -0.39 is 0 Å². The van der Waals surface area contributed by atoms with Crippen molar-refractivity contribution in [1.29, 1.82) is 0 Å². The number of hydrogen-bond acceptors (Lipinski definition) is 2. The van der Waals surface area contributed by atoms with Gasteiger partial charge in [0, 0.05) is 18.0 Å². The first-order valence-electron chi connectivity index (χ1n) is 9.03. The number of hydrogen-bond donors (Lipinski definition) is 1. The first-order valence-corrected chi connectivity index (χ1v) is 9.03. The zero-order chi connectivity index (χ0) is 16.9. The number of phenolic OH excluding ortho intramolecular Hbond substituents is 1. The Morgan fingerprint density at radius 3 is 2.54 bits per heavy atom. The summed E-state index contributed by atoms with van der Waals surface area (Å²) in [6, 6.07) is 17.3. The van der Waals surface area contributed by atoms with Gasteiger partial charge >= 0.3 is 0 Å². The van der Waals surface area contributed by atoms with E-state index in [1.165, 1.54) is 16.7 Å². The van der Waals surface area contributed by atoms with Gasteiger partial charge in [0.25, 0.3) is 0 Å². The van der Waals surface area contributed by atoms with Gasteiger partial charge in [-0.25, -0.2) is 0 Å². The molecule has 1 heterocycles. The van der Waals surface area contributed by atoms with E-state index in [0.29, 0.717) is 11.8 Å². The summed E-state index contributed by atoms with van der Waals surface area (Å²) < 4.78 is 0. The quantitative estimate of drug-likeness (QED) is 0.880. The van der Waals surface area contributed by atoms with Gasteiger partial charge in [-0.2, -0.15) is 0 Å². The number of rotatable bonds is 2. The van der Waals surface area contributed by atoms with E-state index in [1.54, 1.807) is 0 Å². The average molecular weight is 321 g/mol. The summed E-state index contributed by atoms with van der Waals surface area (Å²) in [5, 5.41) is 10.5. The molecule has 2 nitrogen and oxygen atoms in total. The molecule has 4 rings (SSSR count). The van der Waals surface area contributed by atoms with Crippen LogP contribution in [-0.4, -0.2) is 22.6 Å². The first-order chi connectivity index (χ1) is 11.4. The van der Waals surface area contributed by atoms with Crippen molar-refractivity contribution in [2.45, 2.75) is 51.6 Å². The predicted molar refractivity (Wildman–Crippen MR) is 98.2 cm³/mol. The lowest BCUT2D eigenvalue weighted by Crippen LogP contribution is -2.63. The maximum atomic E-state index is 10.5. The van der Waals surface area contributed by atoms with Gasteiger partial charge in [-0.1, -0.05) is 63.2 Å². The molecule has 126 valence electrons. The van der Waals surface area contributed by atoms with Crippen LogP contribution in [0.2, 0.25) is 0 Å². The molecule has 1 N–H and O–H groups in total. The average Bonchev–Trinajstić information content (AvgIpc) is 2.55. The van der Waals surface area contributed by atoms with E-state index in [0.717, 1.165) is 25.9 Å². The highest BCUT2D eigenvalue weighted by molar-refractivity contribution is 5.48. The summed E-state index contributed by atoms with van der Waals surface area (Å²) in [7, 11) is 0. The fraction of sp³-hybridized carbons (Fsp3) is 0.455. The summed E-state index contributed by atoms with van der Waals surface area (Å²) in [6.07, 6.45) is 2.08. The monoisotopic (exact) mass is 321 g/mol. The number of phenols is 1. The van der Waals surface area contributed by atoms with E-state index in [-0.39, 0.29) is 10.8 Å². The van der Waals surface area contributed by atoms with Crippen LogP contribution in [0.25, 0.3) is 0 Å². The lowest BCUT2D eigenvalue weighted by Gasteiger charge is -2.61. The minimum atomic E-state index is 0.122. The summed E-state index contributed by atoms with van der Waals surface area (Å²) in [5.41, 5.74) is 4.21. The maximum absolute atomic E-state index is 10.5. The molecule has 0 amide bonds. The number of fused-ring (bicyclic) bond motifs is 4. The number of nitrogens with zero attached hydrogens (tertiary/aromatic N) is 1. The van der Waals surface area contributed by atoms with E-state index in [9.17, 15) is 5.11 Å². The Labute approximate surface area is 145 Å². The smallest absolute Gasteiger partial charge is 0.119 e. The molecule has 2 aliphatic rings. The van der Waals surface area contributed by atoms with Crippen LogP contribution in [0.15, 0.2) is 48.5 Å². The van der Waals surface area contributed by atoms with Crippen molar-refractivity contribution in [2.24, 2.45) is 5.41 Å². The third-order valence-corrected chi connectivity index (χ3v) is 6.97. The van der Waals surface area contributed by atoms with Crippen molar-refractivity contribution >= 4 is 0 Å². The highest BCUT2D eigenvalue weighted by Crippen LogP contribution is 2.57. The fourth-order valence-corrected chi connectivity index (χ4v) is 5.04. The topological polar surface area (TPSA) is 23.5 Å². The van der Waals surface area contributed by atoms with Crippen molar-refractivity contribution in [3.05, 3.63) is 65.2 Å². The van der Waals surface area contributed by atoms with Gasteiger partial charge in [0.2, 0.25) is 0 Å². The molecule has 2 bridgehead atoms. The van der Waals surface area contributed by atoms with Crippen LogP contribution in [0.3, 0.4) is 0 Å². The van der Waals surface area contributed by atoms with Gasteiger partial charge in [-0.15, -0.1) is 0 Å². The molecule has 0 aromatic heterocycles. The standard InChI is InChI=1S/C22H27NO/c1-21(2)20-14-17-18(10-7-11-19(17)24)22(21,3)12-13-23(20)15-16-8-5-4-6-9-16/h4-11,20,24H,12-15H2,1-3H3. The summed E-state index contributed by atoms with van der Waals surface area (Å²) >= 11 is 0. The highest BCUT2D eigenvalue weighted by atomic mass is 16.3. The van der Waals surface area contributed by atoms with Gasteiger partial charge in [0.15, 0.2) is 0 Å². The number of benzene rings is 2. The maximum Gasteiger partial charge on any atom is 0.119 e. The Bertz CT molecular complexity index is 752. The zero-order valence-corrected chi connectivity index (χ0v) is 14.9. The molecule has 2 aromatic rings. The Morgan fingerprint density at radius 1 is 1.04 bits per heavy atom. The summed E-state index contributed by atoms with van der Waals surface area (Å²) in [4.78, 5) is 2.63. The predicted octanol–water partition coefficient (Wildman–Crippen LogP) is 4.51. The van der Waals surface area contributed by atoms with Gasteiger partial charge in [-0.05, 0) is 47.6 Å². The van der Waals surface area contributed by atoms with E-state index >= 15 is 0 Å². The van der Waals surface area contributed by atoms with Gasteiger partial charge in [0.05, 0.1) is 0 Å². The molecule has 1 aliphatic carbocycles. The van der Waals surface area contributed by atoms with Crippen LogP contribution in [0.1, 0.15) is 43.9 Å². The van der Waals surface area contributed by atoms with Crippen LogP contribution < -0.4 is 0 Å². The molecule has 2 atom stereocenters. The SMILES string of the molecule is CC12CCN(Cc3ccccc3)C(Cc3c(O)cccc31)C2(C)C. The Hall–Kier alpha value is -1.80. The largest absolute Gasteiger partial charge is 0.508 e. The third kappa shape index (κ3) is 2.12. The van der Waals surface area contributed by atoms with Crippen molar-refractivity contribution in [1.82, 2.24) is 4.90 Å². The Balaban J connectivity index is 1.75. The van der Waals surface area contributed by atoms with Gasteiger partial charge in [0.1, 0.15) is 5.75 Å². The molecular weight excluding hydrogens is 294 g/mol. The molecular formula is C22H27NO. The van der Waals surface area contributed by atoms with Crippen LogP contribution in [0, 0.1) is 5.41 Å². The second kappa shape index (κ2) is 5.35.